The van der Waals surface area contributed by atoms with Crippen molar-refractivity contribution in [3.05, 3.63) is 52.0 Å². The second-order valence-electron chi connectivity index (χ2n) is 8.76. The molecule has 2 aliphatic rings. The van der Waals surface area contributed by atoms with Gasteiger partial charge in [0.05, 0.1) is 22.6 Å². The van der Waals surface area contributed by atoms with Gasteiger partial charge in [-0.15, -0.1) is 11.8 Å². The number of oxime groups is 1. The Morgan fingerprint density at radius 2 is 2.23 bits per heavy atom. The first-order valence-electron chi connectivity index (χ1n) is 11.6. The van der Waals surface area contributed by atoms with Crippen molar-refractivity contribution in [3.63, 3.8) is 0 Å². The Kier molecular flexibility index (Phi) is 7.39. The first kappa shape index (κ1) is 27.4. The third-order valence-electron chi connectivity index (χ3n) is 6.14. The number of amides is 2. The number of aromatic nitrogens is 3. The van der Waals surface area contributed by atoms with E-state index in [9.17, 15) is 24.3 Å². The number of nitrogens with zero attached hydrogens (tertiary/aromatic N) is 4. The van der Waals surface area contributed by atoms with Gasteiger partial charge in [-0.25, -0.2) is 14.3 Å². The van der Waals surface area contributed by atoms with Crippen molar-refractivity contribution in [1.82, 2.24) is 20.2 Å². The number of carbonyl (C=O) groups excluding carboxylic acids is 3. The van der Waals surface area contributed by atoms with E-state index in [0.717, 1.165) is 27.1 Å². The molecular weight excluding hydrogens is 586 g/mol. The number of aromatic amines is 1. The molecule has 0 spiro atoms. The summed E-state index contributed by atoms with van der Waals surface area (Å²) in [4.78, 5) is 62.6. The molecule has 0 bridgehead atoms. The molecule has 0 radical (unpaired) electrons. The summed E-state index contributed by atoms with van der Waals surface area (Å²) in [6.07, 6.45) is 4.04. The lowest BCUT2D eigenvalue weighted by Crippen LogP contribution is -2.71. The maximum Gasteiger partial charge on any atom is 0.347 e. The molecule has 17 heteroatoms. The summed E-state index contributed by atoms with van der Waals surface area (Å²) in [5.74, 6) is -4.19. The highest BCUT2D eigenvalue weighted by Gasteiger charge is 2.53. The van der Waals surface area contributed by atoms with E-state index in [1.54, 1.807) is 12.4 Å². The van der Waals surface area contributed by atoms with E-state index in [-0.39, 0.29) is 33.2 Å². The van der Waals surface area contributed by atoms with Crippen LogP contribution in [0, 0.1) is 0 Å². The van der Waals surface area contributed by atoms with Gasteiger partial charge in [-0.2, -0.15) is 0 Å². The van der Waals surface area contributed by atoms with Gasteiger partial charge in [0.1, 0.15) is 21.4 Å². The predicted octanol–water partition coefficient (Wildman–Crippen LogP) is -0.555. The van der Waals surface area contributed by atoms with Gasteiger partial charge >= 0.3 is 5.97 Å². The average molecular weight is 606 g/mol. The number of carbonyl (C=O) groups is 4. The molecule has 0 saturated carbocycles. The van der Waals surface area contributed by atoms with E-state index < -0.39 is 47.0 Å². The highest BCUT2D eigenvalue weighted by Crippen LogP contribution is 2.40. The molecule has 2 aliphatic heterocycles. The lowest BCUT2D eigenvalue weighted by molar-refractivity contribution is -0.687. The number of thiazole rings is 1. The number of halogens is 1. The molecule has 0 aliphatic carbocycles. The number of thioether (sulfide) groups is 1. The highest BCUT2D eigenvalue weighted by molar-refractivity contribution is 8.00. The number of anilines is 1. The summed E-state index contributed by atoms with van der Waals surface area (Å²) < 4.78 is 1.80. The van der Waals surface area contributed by atoms with Crippen LogP contribution < -0.4 is 20.7 Å². The van der Waals surface area contributed by atoms with Gasteiger partial charge in [0.2, 0.25) is 6.10 Å². The van der Waals surface area contributed by atoms with E-state index >= 15 is 0 Å². The molecule has 40 heavy (non-hydrogen) atoms. The van der Waals surface area contributed by atoms with Crippen molar-refractivity contribution in [1.29, 1.82) is 0 Å². The van der Waals surface area contributed by atoms with E-state index in [2.05, 4.69) is 20.4 Å². The summed E-state index contributed by atoms with van der Waals surface area (Å²) in [5, 5.41) is 27.6. The van der Waals surface area contributed by atoms with Crippen LogP contribution in [0.3, 0.4) is 0 Å². The SMILES string of the molecule is C[C@H](O/N=C(\C(=O)N[C@@H]1C(=O)N2C(C(=O)[O-])=C(C[n+]3ccc4[nH]ccc4c3)CSC12)c1nc(N)sc1Cl)C(=O)O. The van der Waals surface area contributed by atoms with Gasteiger partial charge in [0, 0.05) is 23.6 Å². The summed E-state index contributed by atoms with van der Waals surface area (Å²) in [6.45, 7) is 1.41. The summed E-state index contributed by atoms with van der Waals surface area (Å²) in [6, 6.07) is 2.63. The number of fused-ring (bicyclic) bond motifs is 2. The second-order valence-corrected chi connectivity index (χ2v) is 11.5. The zero-order valence-electron chi connectivity index (χ0n) is 20.5. The number of nitrogens with one attached hydrogen (secondary N) is 2. The van der Waals surface area contributed by atoms with Crippen LogP contribution in [0.4, 0.5) is 5.13 Å². The minimum absolute atomic E-state index is 0.00581. The Morgan fingerprint density at radius 3 is 2.90 bits per heavy atom. The summed E-state index contributed by atoms with van der Waals surface area (Å²) in [7, 11) is 0. The van der Waals surface area contributed by atoms with Crippen LogP contribution >= 0.6 is 34.7 Å². The Labute approximate surface area is 238 Å². The van der Waals surface area contributed by atoms with Crippen molar-refractivity contribution in [3.8, 4) is 0 Å². The van der Waals surface area contributed by atoms with Crippen LogP contribution in [0.15, 0.2) is 47.1 Å². The zero-order chi connectivity index (χ0) is 28.7. The van der Waals surface area contributed by atoms with Crippen molar-refractivity contribution < 1.29 is 38.8 Å². The van der Waals surface area contributed by atoms with Crippen LogP contribution in [0.2, 0.25) is 4.34 Å². The minimum Gasteiger partial charge on any atom is -0.543 e. The summed E-state index contributed by atoms with van der Waals surface area (Å²) in [5.41, 5.74) is 6.17. The minimum atomic E-state index is -1.51. The van der Waals surface area contributed by atoms with Gasteiger partial charge in [-0.05, 0) is 13.0 Å². The molecule has 3 aromatic heterocycles. The van der Waals surface area contributed by atoms with Crippen molar-refractivity contribution in [2.24, 2.45) is 5.16 Å². The second kappa shape index (κ2) is 10.8. The molecule has 5 N–H and O–H groups in total. The number of aliphatic carboxylic acids is 2. The van der Waals surface area contributed by atoms with Crippen LogP contribution in [0.25, 0.3) is 10.9 Å². The van der Waals surface area contributed by atoms with Crippen LogP contribution in [-0.2, 0) is 30.6 Å². The topological polar surface area (TPSA) is 207 Å². The van der Waals surface area contributed by atoms with Crippen molar-refractivity contribution in [2.45, 2.75) is 31.0 Å². The molecule has 14 nitrogen and oxygen atoms in total. The Morgan fingerprint density at radius 1 is 1.45 bits per heavy atom. The lowest BCUT2D eigenvalue weighted by Gasteiger charge is -2.50. The molecule has 1 saturated heterocycles. The number of hydrogen-bond donors (Lipinski definition) is 4. The van der Waals surface area contributed by atoms with E-state index in [1.165, 1.54) is 18.7 Å². The first-order valence-corrected chi connectivity index (χ1v) is 13.8. The number of nitrogens with two attached hydrogens (primary N) is 1. The fraction of sp³-hybridized carbons (Fsp3) is 0.261. The third kappa shape index (κ3) is 5.07. The standard InChI is InChI=1S/C23H20ClN7O7S2/c1-9(21(34)35)38-29-14(13-17(24)40-23(25)28-13)18(32)27-15-19(33)31-16(22(36)37)11(8-39-20(15)31)7-30-5-3-12-10(6-30)2-4-26-12/h2-6,9,15,20H,7-8H2,1H3,(H5,25,27,28,32,34,35,36,37)/b29-14-/t9-,15+,20?/m0/s1. The lowest BCUT2D eigenvalue weighted by atomic mass is 10.0. The van der Waals surface area contributed by atoms with E-state index in [4.69, 9.17) is 27.3 Å². The Hall–Kier alpha value is -4.15. The Bertz CT molecular complexity index is 1620. The first-order chi connectivity index (χ1) is 19.0. The molecule has 3 aromatic rings. The number of β-lactam (4-membered cyclic amide) rings is 1. The fourth-order valence-electron chi connectivity index (χ4n) is 4.20. The average Bonchev–Trinajstić information content (AvgIpc) is 3.51. The van der Waals surface area contributed by atoms with Gasteiger partial charge < -0.3 is 35.9 Å². The molecule has 1 fully saturated rings. The van der Waals surface area contributed by atoms with Crippen LogP contribution in [0.1, 0.15) is 12.6 Å². The number of H-pyrrole nitrogens is 1. The van der Waals surface area contributed by atoms with Gasteiger partial charge in [0.15, 0.2) is 29.8 Å². The smallest absolute Gasteiger partial charge is 0.347 e. The number of nitrogen functional groups attached to an aromatic ring is 1. The van der Waals surface area contributed by atoms with Gasteiger partial charge in [0.25, 0.3) is 11.8 Å². The molecule has 208 valence electrons. The monoisotopic (exact) mass is 605 g/mol. The van der Waals surface area contributed by atoms with Crippen LogP contribution in [-0.4, -0.2) is 72.7 Å². The summed E-state index contributed by atoms with van der Waals surface area (Å²) >= 11 is 8.26. The van der Waals surface area contributed by atoms with E-state index in [0.29, 0.717) is 5.57 Å². The number of carboxylic acids is 2. The van der Waals surface area contributed by atoms with Crippen molar-refractivity contribution in [2.75, 3.05) is 11.5 Å². The molecule has 3 atom stereocenters. The number of rotatable bonds is 9. The van der Waals surface area contributed by atoms with Gasteiger partial charge in [-0.1, -0.05) is 28.1 Å². The molecule has 1 unspecified atom stereocenters. The maximum atomic E-state index is 13.2. The van der Waals surface area contributed by atoms with Gasteiger partial charge in [-0.3, -0.25) is 14.5 Å². The molecule has 0 aromatic carbocycles. The van der Waals surface area contributed by atoms with Crippen LogP contribution in [0.5, 0.6) is 0 Å². The van der Waals surface area contributed by atoms with Crippen molar-refractivity contribution >= 4 is 80.2 Å². The molecule has 2 amide bonds. The third-order valence-corrected chi connectivity index (χ3v) is 8.57. The molecule has 5 heterocycles. The highest BCUT2D eigenvalue weighted by atomic mass is 35.5. The number of carboxylic acid groups (broad SMARTS) is 2. The largest absolute Gasteiger partial charge is 0.543 e. The quantitative estimate of drug-likeness (QED) is 0.106. The van der Waals surface area contributed by atoms with E-state index in [1.807, 2.05) is 22.9 Å². The maximum absolute atomic E-state index is 13.2. The number of hydrogen-bond acceptors (Lipinski definition) is 11. The Balaban J connectivity index is 1.37. The normalized spacial score (nSPS) is 19.7. The fourth-order valence-corrected chi connectivity index (χ4v) is 6.46. The zero-order valence-corrected chi connectivity index (χ0v) is 22.9. The predicted molar refractivity (Wildman–Crippen MR) is 142 cm³/mol. The number of pyridine rings is 1. The molecule has 5 rings (SSSR count). The molecular formula is C23H20ClN7O7S2.